The normalized spacial score (nSPS) is 23.5. The molecule has 1 aromatic rings. The lowest BCUT2D eigenvalue weighted by Crippen LogP contribution is -2.46. The van der Waals surface area contributed by atoms with Crippen LogP contribution < -0.4 is 0 Å². The molecular formula is C13H14F3NO2. The zero-order chi connectivity index (χ0) is 14.2. The van der Waals surface area contributed by atoms with E-state index in [1.807, 2.05) is 6.92 Å². The molecule has 1 saturated heterocycles. The Morgan fingerprint density at radius 2 is 2.00 bits per heavy atom. The fourth-order valence-corrected chi connectivity index (χ4v) is 2.09. The molecule has 3 nitrogen and oxygen atoms in total. The van der Waals surface area contributed by atoms with Gasteiger partial charge in [0.1, 0.15) is 0 Å². The molecule has 1 aromatic carbocycles. The summed E-state index contributed by atoms with van der Waals surface area (Å²) in [4.78, 5) is 13.3. The minimum absolute atomic E-state index is 0.0545. The smallest absolute Gasteiger partial charge is 0.257 e. The van der Waals surface area contributed by atoms with Gasteiger partial charge in [0.25, 0.3) is 5.91 Å². The molecular weight excluding hydrogens is 259 g/mol. The van der Waals surface area contributed by atoms with E-state index in [0.717, 1.165) is 6.07 Å². The van der Waals surface area contributed by atoms with Crippen molar-refractivity contribution in [2.45, 2.75) is 19.4 Å². The summed E-state index contributed by atoms with van der Waals surface area (Å²) in [5.41, 5.74) is -0.513. The highest BCUT2D eigenvalue weighted by Crippen LogP contribution is 2.21. The van der Waals surface area contributed by atoms with Crippen molar-refractivity contribution in [3.05, 3.63) is 35.1 Å². The Hall–Kier alpha value is -1.56. The van der Waals surface area contributed by atoms with Gasteiger partial charge in [-0.15, -0.1) is 0 Å². The number of rotatable bonds is 1. The van der Waals surface area contributed by atoms with E-state index in [-0.39, 0.29) is 12.5 Å². The highest BCUT2D eigenvalue weighted by Gasteiger charge is 2.30. The third kappa shape index (κ3) is 2.58. The van der Waals surface area contributed by atoms with Gasteiger partial charge in [-0.3, -0.25) is 4.79 Å². The SMILES string of the molecule is CC1CCN(C(=O)c2ccc(F)c(F)c2F)CC1O. The maximum Gasteiger partial charge on any atom is 0.257 e. The molecule has 1 fully saturated rings. The number of carbonyl (C=O) groups is 1. The number of aliphatic hydroxyl groups excluding tert-OH is 1. The number of hydrogen-bond donors (Lipinski definition) is 1. The number of β-amino-alcohol motifs (C(OH)–C–C–N with tert-alkyl or cyclic N) is 1. The molecule has 1 aliphatic rings. The van der Waals surface area contributed by atoms with E-state index in [1.54, 1.807) is 0 Å². The van der Waals surface area contributed by atoms with Crippen LogP contribution in [0, 0.1) is 23.4 Å². The Balaban J connectivity index is 2.23. The van der Waals surface area contributed by atoms with Gasteiger partial charge >= 0.3 is 0 Å². The van der Waals surface area contributed by atoms with Gasteiger partial charge in [-0.05, 0) is 24.5 Å². The molecule has 0 saturated carbocycles. The Kier molecular flexibility index (Phi) is 3.80. The van der Waals surface area contributed by atoms with Crippen molar-refractivity contribution in [2.24, 2.45) is 5.92 Å². The molecule has 0 aromatic heterocycles. The van der Waals surface area contributed by atoms with Gasteiger partial charge < -0.3 is 10.0 Å². The second-order valence-electron chi connectivity index (χ2n) is 4.81. The lowest BCUT2D eigenvalue weighted by molar-refractivity contribution is 0.0245. The van der Waals surface area contributed by atoms with Crippen molar-refractivity contribution in [1.82, 2.24) is 4.90 Å². The Bertz CT molecular complexity index is 507. The van der Waals surface area contributed by atoms with Crippen molar-refractivity contribution in [1.29, 1.82) is 0 Å². The minimum Gasteiger partial charge on any atom is -0.391 e. The number of halogens is 3. The minimum atomic E-state index is -1.66. The first-order valence-electron chi connectivity index (χ1n) is 6.02. The van der Waals surface area contributed by atoms with Crippen LogP contribution in [0.3, 0.4) is 0 Å². The van der Waals surface area contributed by atoms with Gasteiger partial charge in [0.05, 0.1) is 11.7 Å². The van der Waals surface area contributed by atoms with E-state index < -0.39 is 35.0 Å². The molecule has 1 heterocycles. The average molecular weight is 273 g/mol. The monoisotopic (exact) mass is 273 g/mol. The van der Waals surface area contributed by atoms with Crippen molar-refractivity contribution < 1.29 is 23.1 Å². The Morgan fingerprint density at radius 3 is 2.63 bits per heavy atom. The van der Waals surface area contributed by atoms with Crippen molar-refractivity contribution in [3.63, 3.8) is 0 Å². The first kappa shape index (κ1) is 13.9. The maximum absolute atomic E-state index is 13.5. The molecule has 2 unspecified atom stereocenters. The lowest BCUT2D eigenvalue weighted by atomic mass is 9.95. The van der Waals surface area contributed by atoms with Gasteiger partial charge in [-0.25, -0.2) is 13.2 Å². The summed E-state index contributed by atoms with van der Waals surface area (Å²) in [6.45, 7) is 2.28. The molecule has 0 bridgehead atoms. The quantitative estimate of drug-likeness (QED) is 0.794. The first-order chi connectivity index (χ1) is 8.91. The number of carbonyl (C=O) groups excluding carboxylic acids is 1. The zero-order valence-electron chi connectivity index (χ0n) is 10.4. The summed E-state index contributed by atoms with van der Waals surface area (Å²) in [5, 5.41) is 9.69. The topological polar surface area (TPSA) is 40.5 Å². The molecule has 0 radical (unpaired) electrons. The highest BCUT2D eigenvalue weighted by atomic mass is 19.2. The fraction of sp³-hybridized carbons (Fsp3) is 0.462. The molecule has 0 spiro atoms. The van der Waals surface area contributed by atoms with Gasteiger partial charge in [0.2, 0.25) is 0 Å². The van der Waals surface area contributed by atoms with E-state index in [2.05, 4.69) is 0 Å². The number of hydrogen-bond acceptors (Lipinski definition) is 2. The molecule has 19 heavy (non-hydrogen) atoms. The first-order valence-corrected chi connectivity index (χ1v) is 6.02. The third-order valence-corrected chi connectivity index (χ3v) is 3.47. The lowest BCUT2D eigenvalue weighted by Gasteiger charge is -2.34. The van der Waals surface area contributed by atoms with E-state index >= 15 is 0 Å². The van der Waals surface area contributed by atoms with Crippen LogP contribution in [0.25, 0.3) is 0 Å². The largest absolute Gasteiger partial charge is 0.391 e. The van der Waals surface area contributed by atoms with Gasteiger partial charge in [0.15, 0.2) is 17.5 Å². The van der Waals surface area contributed by atoms with Gasteiger partial charge in [-0.2, -0.15) is 0 Å². The summed E-state index contributed by atoms with van der Waals surface area (Å²) in [6.07, 6.45) is -0.107. The summed E-state index contributed by atoms with van der Waals surface area (Å²) >= 11 is 0. The van der Waals surface area contributed by atoms with Crippen LogP contribution in [-0.2, 0) is 0 Å². The molecule has 2 atom stereocenters. The van der Waals surface area contributed by atoms with Crippen LogP contribution in [-0.4, -0.2) is 35.1 Å². The summed E-state index contributed by atoms with van der Waals surface area (Å²) in [7, 11) is 0. The van der Waals surface area contributed by atoms with E-state index in [0.29, 0.717) is 19.0 Å². The summed E-state index contributed by atoms with van der Waals surface area (Å²) < 4.78 is 39.4. The van der Waals surface area contributed by atoms with E-state index in [1.165, 1.54) is 4.90 Å². The van der Waals surface area contributed by atoms with E-state index in [9.17, 15) is 23.1 Å². The standard InChI is InChI=1S/C13H14F3NO2/c1-7-4-5-17(6-10(7)18)13(19)8-2-3-9(14)12(16)11(8)15/h2-3,7,10,18H,4-6H2,1H3. The van der Waals surface area contributed by atoms with E-state index in [4.69, 9.17) is 0 Å². The van der Waals surface area contributed by atoms with Gasteiger partial charge in [0, 0.05) is 13.1 Å². The van der Waals surface area contributed by atoms with Crippen LogP contribution in [0.2, 0.25) is 0 Å². The molecule has 1 aliphatic heterocycles. The fourth-order valence-electron chi connectivity index (χ4n) is 2.09. The number of benzene rings is 1. The predicted octanol–water partition coefficient (Wildman–Crippen LogP) is 1.95. The number of amides is 1. The number of piperidine rings is 1. The van der Waals surface area contributed by atoms with Crippen LogP contribution >= 0.6 is 0 Å². The van der Waals surface area contributed by atoms with Crippen LogP contribution in [0.15, 0.2) is 12.1 Å². The van der Waals surface area contributed by atoms with Crippen LogP contribution in [0.4, 0.5) is 13.2 Å². The summed E-state index contributed by atoms with van der Waals surface area (Å²) in [5.74, 6) is -5.16. The van der Waals surface area contributed by atoms with Crippen LogP contribution in [0.5, 0.6) is 0 Å². The molecule has 1 amide bonds. The van der Waals surface area contributed by atoms with Crippen molar-refractivity contribution in [2.75, 3.05) is 13.1 Å². The van der Waals surface area contributed by atoms with Crippen molar-refractivity contribution >= 4 is 5.91 Å². The second kappa shape index (κ2) is 5.21. The maximum atomic E-state index is 13.5. The van der Waals surface area contributed by atoms with Gasteiger partial charge in [-0.1, -0.05) is 6.92 Å². The second-order valence-corrected chi connectivity index (χ2v) is 4.81. The number of nitrogens with zero attached hydrogens (tertiary/aromatic N) is 1. The third-order valence-electron chi connectivity index (χ3n) is 3.47. The number of aliphatic hydroxyl groups is 1. The molecule has 104 valence electrons. The molecule has 1 N–H and O–H groups in total. The Labute approximate surface area is 108 Å². The summed E-state index contributed by atoms with van der Waals surface area (Å²) in [6, 6.07) is 1.63. The highest BCUT2D eigenvalue weighted by molar-refractivity contribution is 5.94. The van der Waals surface area contributed by atoms with Crippen LogP contribution in [0.1, 0.15) is 23.7 Å². The molecule has 6 heteroatoms. The predicted molar refractivity (Wildman–Crippen MR) is 62.0 cm³/mol. The molecule has 0 aliphatic carbocycles. The Morgan fingerprint density at radius 1 is 1.32 bits per heavy atom. The number of likely N-dealkylation sites (tertiary alicyclic amines) is 1. The van der Waals surface area contributed by atoms with Crippen molar-refractivity contribution in [3.8, 4) is 0 Å². The zero-order valence-corrected chi connectivity index (χ0v) is 10.4. The average Bonchev–Trinajstić information content (AvgIpc) is 2.39. The molecule has 2 rings (SSSR count).